The van der Waals surface area contributed by atoms with E-state index in [9.17, 15) is 9.00 Å². The molecule has 0 aromatic heterocycles. The first-order chi connectivity index (χ1) is 9.52. The number of likely N-dealkylation sites (tertiary alicyclic amines) is 1. The average Bonchev–Trinajstić information content (AvgIpc) is 2.91. The molecule has 2 atom stereocenters. The summed E-state index contributed by atoms with van der Waals surface area (Å²) in [5, 5.41) is 1.01. The number of nitrogens with zero attached hydrogens (tertiary/aromatic N) is 1. The van der Waals surface area contributed by atoms with Crippen LogP contribution in [0, 0.1) is 0 Å². The van der Waals surface area contributed by atoms with Gasteiger partial charge in [-0.25, -0.2) is 0 Å². The van der Waals surface area contributed by atoms with E-state index in [1.54, 1.807) is 6.07 Å². The zero-order valence-electron chi connectivity index (χ0n) is 11.3. The summed E-state index contributed by atoms with van der Waals surface area (Å²) < 4.78 is 11.5. The second-order valence-corrected chi connectivity index (χ2v) is 7.35. The lowest BCUT2D eigenvalue weighted by Gasteiger charge is -2.25. The maximum Gasteiger partial charge on any atom is 0.235 e. The number of halogens is 2. The van der Waals surface area contributed by atoms with Crippen LogP contribution < -0.4 is 0 Å². The van der Waals surface area contributed by atoms with Crippen LogP contribution in [0.4, 0.5) is 0 Å². The van der Waals surface area contributed by atoms with Crippen molar-refractivity contribution in [1.82, 2.24) is 4.90 Å². The molecule has 2 rings (SSSR count). The molecule has 1 aliphatic heterocycles. The van der Waals surface area contributed by atoms with Crippen molar-refractivity contribution in [2.45, 2.75) is 25.8 Å². The Bertz CT molecular complexity index is 536. The Morgan fingerprint density at radius 3 is 2.80 bits per heavy atom. The van der Waals surface area contributed by atoms with Crippen molar-refractivity contribution in [3.63, 3.8) is 0 Å². The second-order valence-electron chi connectivity index (χ2n) is 4.79. The van der Waals surface area contributed by atoms with E-state index in [0.29, 0.717) is 22.3 Å². The van der Waals surface area contributed by atoms with Crippen LogP contribution in [0.3, 0.4) is 0 Å². The number of rotatable bonds is 4. The highest BCUT2D eigenvalue weighted by molar-refractivity contribution is 7.85. The van der Waals surface area contributed by atoms with Crippen LogP contribution in [0.25, 0.3) is 0 Å². The minimum Gasteiger partial charge on any atom is -0.335 e. The third-order valence-electron chi connectivity index (χ3n) is 3.51. The predicted octanol–water partition coefficient (Wildman–Crippen LogP) is 3.43. The van der Waals surface area contributed by atoms with Crippen molar-refractivity contribution in [2.24, 2.45) is 0 Å². The van der Waals surface area contributed by atoms with E-state index in [1.807, 2.05) is 24.0 Å². The summed E-state index contributed by atoms with van der Waals surface area (Å²) in [5.74, 6) is 0.574. The van der Waals surface area contributed by atoms with E-state index >= 15 is 0 Å². The molecule has 0 N–H and O–H groups in total. The molecule has 0 bridgehead atoms. The predicted molar refractivity (Wildman–Crippen MR) is 83.7 cm³/mol. The van der Waals surface area contributed by atoms with Crippen molar-refractivity contribution in [3.05, 3.63) is 33.8 Å². The fourth-order valence-corrected chi connectivity index (χ4v) is 3.41. The van der Waals surface area contributed by atoms with Gasteiger partial charge in [-0.2, -0.15) is 0 Å². The van der Waals surface area contributed by atoms with Gasteiger partial charge >= 0.3 is 0 Å². The molecule has 1 amide bonds. The topological polar surface area (TPSA) is 37.4 Å². The average molecular weight is 334 g/mol. The van der Waals surface area contributed by atoms with Crippen LogP contribution in [0.15, 0.2) is 18.2 Å². The Morgan fingerprint density at radius 1 is 1.40 bits per heavy atom. The van der Waals surface area contributed by atoms with E-state index in [0.717, 1.165) is 18.4 Å². The molecule has 110 valence electrons. The minimum atomic E-state index is -1.07. The zero-order valence-corrected chi connectivity index (χ0v) is 13.6. The number of amides is 1. The van der Waals surface area contributed by atoms with Crippen LogP contribution >= 0.6 is 23.2 Å². The van der Waals surface area contributed by atoms with Crippen LogP contribution in [0.1, 0.15) is 31.4 Å². The smallest absolute Gasteiger partial charge is 0.235 e. The molecule has 6 heteroatoms. The summed E-state index contributed by atoms with van der Waals surface area (Å²) in [6.45, 7) is 2.54. The maximum atomic E-state index is 12.2. The van der Waals surface area contributed by atoms with Gasteiger partial charge in [0.2, 0.25) is 5.91 Å². The first-order valence-electron chi connectivity index (χ1n) is 6.62. The summed E-state index contributed by atoms with van der Waals surface area (Å²) in [4.78, 5) is 14.0. The van der Waals surface area contributed by atoms with E-state index in [2.05, 4.69) is 0 Å². The molecule has 1 aliphatic rings. The fraction of sp³-hybridized carbons (Fsp3) is 0.500. The van der Waals surface area contributed by atoms with Gasteiger partial charge in [0, 0.05) is 23.1 Å². The maximum absolute atomic E-state index is 12.2. The fourth-order valence-electron chi connectivity index (χ4n) is 2.45. The highest BCUT2D eigenvalue weighted by atomic mass is 35.5. The Hall–Kier alpha value is -0.580. The lowest BCUT2D eigenvalue weighted by Crippen LogP contribution is -2.34. The molecule has 1 fully saturated rings. The van der Waals surface area contributed by atoms with Crippen LogP contribution in [-0.2, 0) is 15.6 Å². The summed E-state index contributed by atoms with van der Waals surface area (Å²) in [6.07, 6.45) is 1.86. The van der Waals surface area contributed by atoms with Gasteiger partial charge in [0.15, 0.2) is 0 Å². The van der Waals surface area contributed by atoms with Crippen molar-refractivity contribution in [1.29, 1.82) is 0 Å². The molecular weight excluding hydrogens is 317 g/mol. The zero-order chi connectivity index (χ0) is 14.7. The van der Waals surface area contributed by atoms with Crippen LogP contribution in [0.2, 0.25) is 10.0 Å². The van der Waals surface area contributed by atoms with Gasteiger partial charge in [0.05, 0.1) is 16.1 Å². The Labute approximate surface area is 131 Å². The van der Waals surface area contributed by atoms with E-state index in [4.69, 9.17) is 23.2 Å². The first kappa shape index (κ1) is 15.8. The van der Waals surface area contributed by atoms with Gasteiger partial charge in [-0.3, -0.25) is 9.00 Å². The molecule has 0 spiro atoms. The molecule has 0 radical (unpaired) electrons. The number of carbonyl (C=O) groups is 1. The third-order valence-corrected chi connectivity index (χ3v) is 5.46. The van der Waals surface area contributed by atoms with Gasteiger partial charge in [0.25, 0.3) is 0 Å². The van der Waals surface area contributed by atoms with Gasteiger partial charge in [0.1, 0.15) is 5.75 Å². The van der Waals surface area contributed by atoms with Crippen molar-refractivity contribution in [2.75, 3.05) is 18.1 Å². The molecule has 1 saturated heterocycles. The molecule has 0 saturated carbocycles. The summed E-state index contributed by atoms with van der Waals surface area (Å²) >= 11 is 12.0. The van der Waals surface area contributed by atoms with E-state index < -0.39 is 10.8 Å². The highest BCUT2D eigenvalue weighted by Gasteiger charge is 2.30. The van der Waals surface area contributed by atoms with E-state index in [1.165, 1.54) is 0 Å². The molecule has 20 heavy (non-hydrogen) atoms. The van der Waals surface area contributed by atoms with Gasteiger partial charge in [-0.05, 0) is 30.5 Å². The first-order valence-corrected chi connectivity index (χ1v) is 8.86. The van der Waals surface area contributed by atoms with Crippen LogP contribution in [0.5, 0.6) is 0 Å². The minimum absolute atomic E-state index is 0.0196. The lowest BCUT2D eigenvalue weighted by molar-refractivity contribution is -0.129. The van der Waals surface area contributed by atoms with Crippen molar-refractivity contribution < 1.29 is 9.00 Å². The monoisotopic (exact) mass is 333 g/mol. The number of hydrogen-bond acceptors (Lipinski definition) is 2. The number of carbonyl (C=O) groups excluding carboxylic acids is 1. The normalized spacial score (nSPS) is 20.1. The van der Waals surface area contributed by atoms with Gasteiger partial charge in [-0.15, -0.1) is 0 Å². The Morgan fingerprint density at radius 2 is 2.15 bits per heavy atom. The summed E-state index contributed by atoms with van der Waals surface area (Å²) in [5.41, 5.74) is 0.993. The quantitative estimate of drug-likeness (QED) is 0.846. The summed E-state index contributed by atoms with van der Waals surface area (Å²) in [7, 11) is -1.07. The standard InChI is InChI=1S/C14H17Cl2NO2S/c1-2-20(19)9-14(18)17-7-3-4-13(17)10-5-6-11(15)12(16)8-10/h5-6,8,13H,2-4,7,9H2,1H3/t13-,20-/m1/s1. The molecule has 1 aromatic carbocycles. The third kappa shape index (κ3) is 3.54. The number of benzene rings is 1. The Kier molecular flexibility index (Phi) is 5.47. The Balaban J connectivity index is 2.16. The molecule has 3 nitrogen and oxygen atoms in total. The molecule has 1 aromatic rings. The van der Waals surface area contributed by atoms with Crippen LogP contribution in [-0.4, -0.2) is 33.1 Å². The second kappa shape index (κ2) is 6.92. The van der Waals surface area contributed by atoms with Crippen molar-refractivity contribution in [3.8, 4) is 0 Å². The molecule has 0 unspecified atom stereocenters. The summed E-state index contributed by atoms with van der Waals surface area (Å²) in [6, 6.07) is 5.49. The van der Waals surface area contributed by atoms with E-state index in [-0.39, 0.29) is 17.7 Å². The van der Waals surface area contributed by atoms with Gasteiger partial charge < -0.3 is 4.90 Å². The number of hydrogen-bond donors (Lipinski definition) is 0. The molecular formula is C14H17Cl2NO2S. The largest absolute Gasteiger partial charge is 0.335 e. The lowest BCUT2D eigenvalue weighted by atomic mass is 10.0. The molecule has 1 heterocycles. The highest BCUT2D eigenvalue weighted by Crippen LogP contribution is 2.35. The van der Waals surface area contributed by atoms with Crippen molar-refractivity contribution >= 4 is 39.9 Å². The molecule has 0 aliphatic carbocycles. The SMILES string of the molecule is CC[S@@](=O)CC(=O)N1CCC[C@@H]1c1ccc(Cl)c(Cl)c1. The van der Waals surface area contributed by atoms with Gasteiger partial charge in [-0.1, -0.05) is 36.2 Å².